The average molecular weight is 349 g/mol. The molecule has 0 aliphatic carbocycles. The van der Waals surface area contributed by atoms with E-state index in [2.05, 4.69) is 0 Å². The van der Waals surface area contributed by atoms with Gasteiger partial charge in [0.25, 0.3) is 0 Å². The topological polar surface area (TPSA) is 55.8 Å². The second-order valence-electron chi connectivity index (χ2n) is 5.89. The fraction of sp³-hybridized carbons (Fsp3) is 0.316. The Balaban J connectivity index is 2.03. The van der Waals surface area contributed by atoms with Crippen molar-refractivity contribution in [3.05, 3.63) is 58.1 Å². The van der Waals surface area contributed by atoms with Crippen molar-refractivity contribution in [2.45, 2.75) is 39.9 Å². The number of benzene rings is 2. The molecule has 128 valence electrons. The number of halogens is 1. The Bertz CT molecular complexity index is 725. The molecule has 0 aliphatic heterocycles. The van der Waals surface area contributed by atoms with E-state index in [4.69, 9.17) is 26.2 Å². The zero-order valence-corrected chi connectivity index (χ0v) is 14.8. The van der Waals surface area contributed by atoms with Gasteiger partial charge in [-0.25, -0.2) is 0 Å². The number of hydrogen-bond donors (Lipinski definition) is 1. The highest BCUT2D eigenvalue weighted by Gasteiger charge is 2.08. The van der Waals surface area contributed by atoms with Crippen molar-refractivity contribution in [3.8, 4) is 11.5 Å². The number of aryl methyl sites for hydroxylation is 1. The Hall–Kier alpha value is -2.20. The van der Waals surface area contributed by atoms with E-state index in [0.29, 0.717) is 22.9 Å². The first-order valence-corrected chi connectivity index (χ1v) is 8.12. The van der Waals surface area contributed by atoms with Crippen LogP contribution in [0.3, 0.4) is 0 Å². The van der Waals surface area contributed by atoms with Crippen molar-refractivity contribution in [2.24, 2.45) is 0 Å². The molecule has 0 saturated carbocycles. The predicted molar refractivity (Wildman–Crippen MR) is 94.1 cm³/mol. The number of aliphatic carboxylic acids is 1. The largest absolute Gasteiger partial charge is 0.491 e. The van der Waals surface area contributed by atoms with Crippen molar-refractivity contribution in [1.82, 2.24) is 0 Å². The molecule has 2 aromatic carbocycles. The smallest absolute Gasteiger partial charge is 0.307 e. The molecule has 0 aliphatic rings. The molecule has 0 unspecified atom stereocenters. The molecule has 0 bridgehead atoms. The van der Waals surface area contributed by atoms with Gasteiger partial charge in [0.15, 0.2) is 0 Å². The summed E-state index contributed by atoms with van der Waals surface area (Å²) in [6, 6.07) is 10.9. The summed E-state index contributed by atoms with van der Waals surface area (Å²) in [4.78, 5) is 10.7. The third kappa shape index (κ3) is 5.17. The molecule has 0 atom stereocenters. The molecule has 0 heterocycles. The number of ether oxygens (including phenoxy) is 2. The molecular formula is C19H21ClO4. The summed E-state index contributed by atoms with van der Waals surface area (Å²) in [6.45, 7) is 6.36. The van der Waals surface area contributed by atoms with Gasteiger partial charge in [0.2, 0.25) is 0 Å². The van der Waals surface area contributed by atoms with Crippen molar-refractivity contribution >= 4 is 17.6 Å². The van der Waals surface area contributed by atoms with Crippen LogP contribution in [0.1, 0.15) is 30.5 Å². The molecule has 0 fully saturated rings. The van der Waals surface area contributed by atoms with E-state index in [1.165, 1.54) is 0 Å². The maximum atomic E-state index is 10.7. The SMILES string of the molecule is Cc1cc(COc2ccc(CC(=O)O)cc2Cl)ccc1OC(C)C. The third-order valence-corrected chi connectivity index (χ3v) is 3.64. The van der Waals surface area contributed by atoms with Gasteiger partial charge in [0.05, 0.1) is 17.5 Å². The number of hydrogen-bond acceptors (Lipinski definition) is 3. The van der Waals surface area contributed by atoms with Gasteiger partial charge in [-0.2, -0.15) is 0 Å². The monoisotopic (exact) mass is 348 g/mol. The summed E-state index contributed by atoms with van der Waals surface area (Å²) in [7, 11) is 0. The molecule has 0 saturated heterocycles. The molecule has 5 heteroatoms. The summed E-state index contributed by atoms with van der Waals surface area (Å²) in [6.07, 6.45) is 0.0742. The van der Waals surface area contributed by atoms with E-state index in [0.717, 1.165) is 16.9 Å². The van der Waals surface area contributed by atoms with Crippen LogP contribution in [-0.4, -0.2) is 17.2 Å². The number of carboxylic acids is 1. The van der Waals surface area contributed by atoms with Crippen LogP contribution in [0.2, 0.25) is 5.02 Å². The van der Waals surface area contributed by atoms with Gasteiger partial charge >= 0.3 is 5.97 Å². The van der Waals surface area contributed by atoms with E-state index in [9.17, 15) is 4.79 Å². The zero-order chi connectivity index (χ0) is 17.7. The Morgan fingerprint density at radius 3 is 2.38 bits per heavy atom. The third-order valence-electron chi connectivity index (χ3n) is 3.35. The Morgan fingerprint density at radius 1 is 1.12 bits per heavy atom. The van der Waals surface area contributed by atoms with Gasteiger partial charge in [-0.05, 0) is 61.7 Å². The molecule has 2 rings (SSSR count). The maximum Gasteiger partial charge on any atom is 0.307 e. The molecule has 0 radical (unpaired) electrons. The lowest BCUT2D eigenvalue weighted by Crippen LogP contribution is -2.07. The lowest BCUT2D eigenvalue weighted by molar-refractivity contribution is -0.136. The summed E-state index contributed by atoms with van der Waals surface area (Å²) >= 11 is 6.15. The second kappa shape index (κ2) is 8.06. The van der Waals surface area contributed by atoms with Crippen LogP contribution in [0.25, 0.3) is 0 Å². The van der Waals surface area contributed by atoms with Crippen LogP contribution in [-0.2, 0) is 17.8 Å². The van der Waals surface area contributed by atoms with Crippen molar-refractivity contribution in [3.63, 3.8) is 0 Å². The zero-order valence-electron chi connectivity index (χ0n) is 14.0. The fourth-order valence-electron chi connectivity index (χ4n) is 2.29. The summed E-state index contributed by atoms with van der Waals surface area (Å²) < 4.78 is 11.5. The molecule has 1 N–H and O–H groups in total. The van der Waals surface area contributed by atoms with Crippen molar-refractivity contribution < 1.29 is 19.4 Å². The lowest BCUT2D eigenvalue weighted by Gasteiger charge is -2.14. The van der Waals surface area contributed by atoms with Gasteiger partial charge in [-0.1, -0.05) is 23.7 Å². The van der Waals surface area contributed by atoms with Crippen molar-refractivity contribution in [1.29, 1.82) is 0 Å². The maximum absolute atomic E-state index is 10.7. The normalized spacial score (nSPS) is 10.7. The lowest BCUT2D eigenvalue weighted by atomic mass is 10.1. The van der Waals surface area contributed by atoms with E-state index in [-0.39, 0.29) is 12.5 Å². The van der Waals surface area contributed by atoms with Crippen LogP contribution in [0, 0.1) is 6.92 Å². The van der Waals surface area contributed by atoms with Crippen LogP contribution in [0.5, 0.6) is 11.5 Å². The first-order valence-electron chi connectivity index (χ1n) is 7.74. The van der Waals surface area contributed by atoms with E-state index < -0.39 is 5.97 Å². The first kappa shape index (κ1) is 18.1. The highest BCUT2D eigenvalue weighted by atomic mass is 35.5. The second-order valence-corrected chi connectivity index (χ2v) is 6.30. The predicted octanol–water partition coefficient (Wildman–Crippen LogP) is 4.64. The average Bonchev–Trinajstić information content (AvgIpc) is 2.48. The van der Waals surface area contributed by atoms with E-state index in [1.54, 1.807) is 18.2 Å². The van der Waals surface area contributed by atoms with E-state index in [1.807, 2.05) is 39.0 Å². The summed E-state index contributed by atoms with van der Waals surface area (Å²) in [5.74, 6) is 0.509. The van der Waals surface area contributed by atoms with E-state index >= 15 is 0 Å². The van der Waals surface area contributed by atoms with Gasteiger partial charge in [0, 0.05) is 0 Å². The molecule has 0 amide bonds. The molecule has 24 heavy (non-hydrogen) atoms. The molecule has 0 spiro atoms. The van der Waals surface area contributed by atoms with Gasteiger partial charge in [-0.15, -0.1) is 0 Å². The molecular weight excluding hydrogens is 328 g/mol. The van der Waals surface area contributed by atoms with Gasteiger partial charge < -0.3 is 14.6 Å². The quantitative estimate of drug-likeness (QED) is 0.791. The fourth-order valence-corrected chi connectivity index (χ4v) is 2.55. The van der Waals surface area contributed by atoms with Gasteiger partial charge in [-0.3, -0.25) is 4.79 Å². The van der Waals surface area contributed by atoms with Crippen LogP contribution >= 0.6 is 11.6 Å². The van der Waals surface area contributed by atoms with Gasteiger partial charge in [0.1, 0.15) is 18.1 Å². The number of rotatable bonds is 7. The highest BCUT2D eigenvalue weighted by molar-refractivity contribution is 6.32. The Labute approximate surface area is 147 Å². The molecule has 4 nitrogen and oxygen atoms in total. The van der Waals surface area contributed by atoms with Crippen LogP contribution in [0.4, 0.5) is 0 Å². The standard InChI is InChI=1S/C19H21ClO4/c1-12(2)24-17-6-5-15(8-13(17)3)11-23-18-7-4-14(9-16(18)20)10-19(21)22/h4-9,12H,10-11H2,1-3H3,(H,21,22). The number of carboxylic acid groups (broad SMARTS) is 1. The number of carbonyl (C=O) groups is 1. The minimum atomic E-state index is -0.890. The first-order chi connectivity index (χ1) is 11.3. The Morgan fingerprint density at radius 2 is 1.79 bits per heavy atom. The van der Waals surface area contributed by atoms with Crippen molar-refractivity contribution in [2.75, 3.05) is 0 Å². The molecule has 2 aromatic rings. The van der Waals surface area contributed by atoms with Crippen LogP contribution < -0.4 is 9.47 Å². The minimum absolute atomic E-state index is 0.0590. The highest BCUT2D eigenvalue weighted by Crippen LogP contribution is 2.27. The minimum Gasteiger partial charge on any atom is -0.491 e. The summed E-state index contributed by atoms with van der Waals surface area (Å²) in [5, 5.41) is 9.21. The molecule has 0 aromatic heterocycles. The van der Waals surface area contributed by atoms with Crippen LogP contribution in [0.15, 0.2) is 36.4 Å². The summed E-state index contributed by atoms with van der Waals surface area (Å²) in [5.41, 5.74) is 2.70. The Kier molecular flexibility index (Phi) is 6.10.